The summed E-state index contributed by atoms with van der Waals surface area (Å²) in [6, 6.07) is 17.0. The molecule has 3 aromatic rings. The number of amides is 1. The van der Waals surface area contributed by atoms with Crippen LogP contribution in [-0.2, 0) is 9.84 Å². The Balaban J connectivity index is 1.61. The van der Waals surface area contributed by atoms with Crippen molar-refractivity contribution in [2.45, 2.75) is 50.7 Å². The van der Waals surface area contributed by atoms with E-state index in [-0.39, 0.29) is 22.1 Å². The van der Waals surface area contributed by atoms with Crippen molar-refractivity contribution in [3.63, 3.8) is 0 Å². The number of hydroxylamine groups is 1. The summed E-state index contributed by atoms with van der Waals surface area (Å²) in [4.78, 5) is 12.1. The molecular weight excluding hydrogens is 624 g/mol. The Morgan fingerprint density at radius 3 is 2.37 bits per heavy atom. The topological polar surface area (TPSA) is 114 Å². The van der Waals surface area contributed by atoms with Crippen LogP contribution in [-0.4, -0.2) is 40.3 Å². The molecule has 0 bridgehead atoms. The molecule has 0 aromatic heterocycles. The summed E-state index contributed by atoms with van der Waals surface area (Å²) in [6.07, 6.45) is 0. The Morgan fingerprint density at radius 1 is 1.05 bits per heavy atom. The maximum atomic E-state index is 12.9. The predicted octanol–water partition coefficient (Wildman–Crippen LogP) is 6.53. The van der Waals surface area contributed by atoms with Crippen LogP contribution in [0.15, 0.2) is 70.0 Å². The zero-order valence-electron chi connectivity index (χ0n) is 24.0. The molecule has 1 amide bonds. The minimum Gasteiger partial charge on any atom is -0.543 e. The number of ether oxygens (including phenoxy) is 1. The lowest BCUT2D eigenvalue weighted by Gasteiger charge is -2.36. The summed E-state index contributed by atoms with van der Waals surface area (Å²) in [5.74, 6) is 6.14. The highest BCUT2D eigenvalue weighted by molar-refractivity contribution is 9.10. The van der Waals surface area contributed by atoms with E-state index >= 15 is 0 Å². The first-order chi connectivity index (χ1) is 19.1. The lowest BCUT2D eigenvalue weighted by molar-refractivity contribution is 0.0707. The second-order valence-electron chi connectivity index (χ2n) is 11.0. The van der Waals surface area contributed by atoms with E-state index in [1.807, 2.05) is 24.3 Å². The van der Waals surface area contributed by atoms with Gasteiger partial charge in [-0.3, -0.25) is 10.0 Å². The number of halogens is 1. The van der Waals surface area contributed by atoms with Gasteiger partial charge in [0.1, 0.15) is 24.0 Å². The summed E-state index contributed by atoms with van der Waals surface area (Å²) in [7, 11) is -5.70. The third-order valence-electron chi connectivity index (χ3n) is 6.83. The fourth-order valence-electron chi connectivity index (χ4n) is 3.55. The monoisotopic (exact) mass is 658 g/mol. The van der Waals surface area contributed by atoms with Crippen molar-refractivity contribution in [2.24, 2.45) is 0 Å². The van der Waals surface area contributed by atoms with Gasteiger partial charge >= 0.3 is 0 Å². The molecule has 218 valence electrons. The van der Waals surface area contributed by atoms with E-state index in [1.165, 1.54) is 18.2 Å². The molecule has 11 heteroatoms. The summed E-state index contributed by atoms with van der Waals surface area (Å²) in [6.45, 7) is 12.8. The standard InChI is InChI=1S/C30H35BrN2O6SSi/c1-21-17-23(31)19-27(29(34)33-35)28(21)32-20-40(36,37)26-14-12-24(13-15-26)38-16-8-10-22-9-7-11-25(18-22)39-41(5,6)30(2,3)4/h7,9,11-15,17-19,32,35H,16,20H2,1-6H3,(H,33,34). The number of carbonyl (C=O) groups is 1. The van der Waals surface area contributed by atoms with Crippen LogP contribution in [0, 0.1) is 18.8 Å². The molecule has 0 unspecified atom stereocenters. The molecule has 3 aromatic carbocycles. The number of aryl methyl sites for hydroxylation is 1. The molecule has 0 aliphatic carbocycles. The quantitative estimate of drug-likeness (QED) is 0.104. The Hall–Kier alpha value is -3.30. The second-order valence-corrected chi connectivity index (χ2v) is 18.6. The first kappa shape index (κ1) is 32.2. The summed E-state index contributed by atoms with van der Waals surface area (Å²) in [5, 5.41) is 12.0. The van der Waals surface area contributed by atoms with E-state index in [9.17, 15) is 13.2 Å². The van der Waals surface area contributed by atoms with Crippen LogP contribution in [0.1, 0.15) is 42.3 Å². The maximum Gasteiger partial charge on any atom is 0.276 e. The molecule has 0 spiro atoms. The molecular formula is C30H35BrN2O6SSi. The molecule has 0 heterocycles. The Morgan fingerprint density at radius 2 is 1.73 bits per heavy atom. The molecule has 0 saturated carbocycles. The molecule has 0 saturated heterocycles. The average Bonchev–Trinajstić information content (AvgIpc) is 2.89. The van der Waals surface area contributed by atoms with Crippen molar-refractivity contribution >= 4 is 45.7 Å². The number of anilines is 1. The van der Waals surface area contributed by atoms with Crippen molar-refractivity contribution in [1.82, 2.24) is 5.48 Å². The molecule has 3 rings (SSSR count). The van der Waals surface area contributed by atoms with Gasteiger partial charge in [-0.05, 0) is 85.2 Å². The second kappa shape index (κ2) is 13.1. The van der Waals surface area contributed by atoms with Crippen molar-refractivity contribution in [1.29, 1.82) is 0 Å². The van der Waals surface area contributed by atoms with Gasteiger partial charge in [0.25, 0.3) is 5.91 Å². The lowest BCUT2D eigenvalue weighted by atomic mass is 10.1. The molecule has 8 nitrogen and oxygen atoms in total. The minimum absolute atomic E-state index is 0.0879. The zero-order chi connectivity index (χ0) is 30.4. The number of carbonyl (C=O) groups excluding carboxylic acids is 1. The smallest absolute Gasteiger partial charge is 0.276 e. The van der Waals surface area contributed by atoms with Crippen LogP contribution < -0.4 is 20.0 Å². The largest absolute Gasteiger partial charge is 0.543 e. The van der Waals surface area contributed by atoms with Crippen LogP contribution in [0.4, 0.5) is 5.69 Å². The first-order valence-electron chi connectivity index (χ1n) is 12.8. The van der Waals surface area contributed by atoms with Gasteiger partial charge in [0.15, 0.2) is 9.84 Å². The van der Waals surface area contributed by atoms with Gasteiger partial charge in [-0.15, -0.1) is 0 Å². The summed E-state index contributed by atoms with van der Waals surface area (Å²) in [5.41, 5.74) is 3.44. The van der Waals surface area contributed by atoms with Crippen LogP contribution in [0.2, 0.25) is 18.1 Å². The molecule has 0 fully saturated rings. The van der Waals surface area contributed by atoms with Gasteiger partial charge in [-0.1, -0.05) is 54.6 Å². The van der Waals surface area contributed by atoms with E-state index in [2.05, 4.69) is 67.0 Å². The Labute approximate surface area is 251 Å². The highest BCUT2D eigenvalue weighted by atomic mass is 79.9. The Kier molecular flexibility index (Phi) is 10.3. The average molecular weight is 660 g/mol. The van der Waals surface area contributed by atoms with E-state index in [0.717, 1.165) is 11.3 Å². The van der Waals surface area contributed by atoms with Gasteiger partial charge in [-0.25, -0.2) is 13.9 Å². The number of sulfone groups is 1. The molecule has 41 heavy (non-hydrogen) atoms. The van der Waals surface area contributed by atoms with Crippen molar-refractivity contribution in [3.8, 4) is 23.3 Å². The van der Waals surface area contributed by atoms with Gasteiger partial charge in [0.2, 0.25) is 8.32 Å². The van der Waals surface area contributed by atoms with Crippen LogP contribution in [0.25, 0.3) is 0 Å². The van der Waals surface area contributed by atoms with E-state index < -0.39 is 29.9 Å². The molecule has 3 N–H and O–H groups in total. The predicted molar refractivity (Wildman–Crippen MR) is 167 cm³/mol. The number of hydrogen-bond acceptors (Lipinski definition) is 7. The number of benzene rings is 3. The van der Waals surface area contributed by atoms with E-state index in [1.54, 1.807) is 30.6 Å². The molecule has 0 radical (unpaired) electrons. The maximum absolute atomic E-state index is 12.9. The normalized spacial score (nSPS) is 11.7. The molecule has 0 aliphatic rings. The van der Waals surface area contributed by atoms with Gasteiger partial charge in [0.05, 0.1) is 16.1 Å². The SMILES string of the molecule is Cc1cc(Br)cc(C(=O)NO)c1NCS(=O)(=O)c1ccc(OCC#Cc2cccc(O[Si](C)(C)C(C)(C)C)c2)cc1. The number of rotatable bonds is 9. The summed E-state index contributed by atoms with van der Waals surface area (Å²) < 4.78 is 38.5. The third kappa shape index (κ3) is 8.59. The highest BCUT2D eigenvalue weighted by Crippen LogP contribution is 2.37. The first-order valence-corrected chi connectivity index (χ1v) is 18.2. The fourth-order valence-corrected chi connectivity index (χ4v) is 6.20. The lowest BCUT2D eigenvalue weighted by Crippen LogP contribution is -2.43. The van der Waals surface area contributed by atoms with Crippen LogP contribution in [0.3, 0.4) is 0 Å². The molecule has 0 aliphatic heterocycles. The fraction of sp³-hybridized carbons (Fsp3) is 0.300. The van der Waals surface area contributed by atoms with Crippen molar-refractivity contribution in [3.05, 3.63) is 81.8 Å². The van der Waals surface area contributed by atoms with Crippen LogP contribution >= 0.6 is 15.9 Å². The zero-order valence-corrected chi connectivity index (χ0v) is 27.4. The van der Waals surface area contributed by atoms with Crippen molar-refractivity contribution < 1.29 is 27.6 Å². The van der Waals surface area contributed by atoms with Gasteiger partial charge in [-0.2, -0.15) is 0 Å². The van der Waals surface area contributed by atoms with E-state index in [4.69, 9.17) is 14.4 Å². The van der Waals surface area contributed by atoms with Crippen LogP contribution in [0.5, 0.6) is 11.5 Å². The Bertz CT molecular complexity index is 1570. The van der Waals surface area contributed by atoms with Gasteiger partial charge < -0.3 is 14.5 Å². The molecule has 0 atom stereocenters. The third-order valence-corrected chi connectivity index (χ3v) is 13.2. The number of nitrogens with one attached hydrogen (secondary N) is 2. The van der Waals surface area contributed by atoms with Crippen molar-refractivity contribution in [2.75, 3.05) is 17.8 Å². The minimum atomic E-state index is -3.75. The highest BCUT2D eigenvalue weighted by Gasteiger charge is 2.38. The van der Waals surface area contributed by atoms with E-state index in [0.29, 0.717) is 21.5 Å². The number of hydrogen-bond donors (Lipinski definition) is 3. The van der Waals surface area contributed by atoms with Gasteiger partial charge in [0, 0.05) is 10.0 Å². The summed E-state index contributed by atoms with van der Waals surface area (Å²) >= 11 is 3.30.